The molecule has 5 nitrogen and oxygen atoms in total. The molecule has 1 aromatic rings. The molecule has 0 amide bonds. The molecule has 70 valence electrons. The quantitative estimate of drug-likeness (QED) is 0.598. The normalized spacial score (nSPS) is 9.62. The summed E-state index contributed by atoms with van der Waals surface area (Å²) in [5.41, 5.74) is 2.35. The Labute approximate surface area is 74.5 Å². The average Bonchev–Trinajstić information content (AvgIpc) is 2.03. The van der Waals surface area contributed by atoms with Gasteiger partial charge in [-0.1, -0.05) is 0 Å². The van der Waals surface area contributed by atoms with Gasteiger partial charge in [-0.2, -0.15) is 5.48 Å². The Bertz CT molecular complexity index is 324. The van der Waals surface area contributed by atoms with Crippen LogP contribution in [0.2, 0.25) is 0 Å². The van der Waals surface area contributed by atoms with E-state index in [9.17, 15) is 4.79 Å². The molecular weight excluding hydrogens is 174 g/mol. The molecular formula is C8H9NO4. The van der Waals surface area contributed by atoms with Crippen molar-refractivity contribution in [2.45, 2.75) is 0 Å². The highest BCUT2D eigenvalue weighted by atomic mass is 16.6. The number of aromatic hydroxyl groups is 1. The van der Waals surface area contributed by atoms with Crippen molar-refractivity contribution < 1.29 is 19.8 Å². The lowest BCUT2D eigenvalue weighted by Gasteiger charge is -2.04. The Morgan fingerprint density at radius 1 is 1.46 bits per heavy atom. The SMILES string of the molecule is CNOc1cc(O)cc(C(=O)O)c1. The molecule has 0 spiro atoms. The maximum atomic E-state index is 10.5. The zero-order chi connectivity index (χ0) is 9.84. The highest BCUT2D eigenvalue weighted by Gasteiger charge is 2.06. The first-order valence-electron chi connectivity index (χ1n) is 3.54. The second-order valence-corrected chi connectivity index (χ2v) is 2.33. The predicted molar refractivity (Wildman–Crippen MR) is 44.8 cm³/mol. The van der Waals surface area contributed by atoms with Gasteiger partial charge in [-0.25, -0.2) is 4.79 Å². The number of hydrogen-bond donors (Lipinski definition) is 3. The Kier molecular flexibility index (Phi) is 2.71. The molecule has 0 bridgehead atoms. The van der Waals surface area contributed by atoms with E-state index in [1.54, 1.807) is 0 Å². The number of benzene rings is 1. The number of phenolic OH excluding ortho intramolecular Hbond substituents is 1. The van der Waals surface area contributed by atoms with Crippen molar-refractivity contribution in [2.24, 2.45) is 0 Å². The van der Waals surface area contributed by atoms with E-state index >= 15 is 0 Å². The van der Waals surface area contributed by atoms with E-state index in [2.05, 4.69) is 5.48 Å². The van der Waals surface area contributed by atoms with Crippen LogP contribution in [0.4, 0.5) is 0 Å². The fourth-order valence-electron chi connectivity index (χ4n) is 0.884. The molecule has 0 aliphatic rings. The highest BCUT2D eigenvalue weighted by molar-refractivity contribution is 5.88. The number of carbonyl (C=O) groups is 1. The van der Waals surface area contributed by atoms with Crippen molar-refractivity contribution in [3.05, 3.63) is 23.8 Å². The maximum Gasteiger partial charge on any atom is 0.335 e. The van der Waals surface area contributed by atoms with Crippen LogP contribution in [0.25, 0.3) is 0 Å². The molecule has 0 aliphatic heterocycles. The number of carboxylic acid groups (broad SMARTS) is 1. The summed E-state index contributed by atoms with van der Waals surface area (Å²) in [5.74, 6) is -1.01. The van der Waals surface area contributed by atoms with E-state index in [-0.39, 0.29) is 17.1 Å². The van der Waals surface area contributed by atoms with E-state index in [1.165, 1.54) is 19.2 Å². The first-order valence-corrected chi connectivity index (χ1v) is 3.54. The number of rotatable bonds is 3. The van der Waals surface area contributed by atoms with Crippen molar-refractivity contribution in [3.63, 3.8) is 0 Å². The molecule has 0 heterocycles. The second-order valence-electron chi connectivity index (χ2n) is 2.33. The summed E-state index contributed by atoms with van der Waals surface area (Å²) < 4.78 is 0. The van der Waals surface area contributed by atoms with Crippen molar-refractivity contribution >= 4 is 5.97 Å². The van der Waals surface area contributed by atoms with E-state index in [4.69, 9.17) is 15.1 Å². The second kappa shape index (κ2) is 3.77. The summed E-state index contributed by atoms with van der Waals surface area (Å²) in [6.45, 7) is 0. The van der Waals surface area contributed by atoms with Gasteiger partial charge in [-0.05, 0) is 12.1 Å². The molecule has 0 unspecified atom stereocenters. The van der Waals surface area contributed by atoms with E-state index in [1.807, 2.05) is 0 Å². The van der Waals surface area contributed by atoms with Gasteiger partial charge in [0.05, 0.1) is 5.56 Å². The lowest BCUT2D eigenvalue weighted by Crippen LogP contribution is -2.11. The van der Waals surface area contributed by atoms with Crippen molar-refractivity contribution in [3.8, 4) is 11.5 Å². The zero-order valence-corrected chi connectivity index (χ0v) is 6.94. The number of phenols is 1. The first-order chi connectivity index (χ1) is 6.13. The third-order valence-electron chi connectivity index (χ3n) is 1.36. The van der Waals surface area contributed by atoms with Crippen LogP contribution in [0.5, 0.6) is 11.5 Å². The van der Waals surface area contributed by atoms with Gasteiger partial charge in [0, 0.05) is 13.1 Å². The molecule has 0 saturated carbocycles. The van der Waals surface area contributed by atoms with Crippen molar-refractivity contribution in [1.29, 1.82) is 0 Å². The first kappa shape index (κ1) is 9.34. The van der Waals surface area contributed by atoms with E-state index in [0.29, 0.717) is 0 Å². The summed E-state index contributed by atoms with van der Waals surface area (Å²) in [6.07, 6.45) is 0. The molecule has 0 fully saturated rings. The van der Waals surface area contributed by atoms with Gasteiger partial charge >= 0.3 is 5.97 Å². The summed E-state index contributed by atoms with van der Waals surface area (Å²) in [7, 11) is 1.53. The van der Waals surface area contributed by atoms with Crippen LogP contribution < -0.4 is 10.3 Å². The van der Waals surface area contributed by atoms with Crippen molar-refractivity contribution in [1.82, 2.24) is 5.48 Å². The lowest BCUT2D eigenvalue weighted by atomic mass is 10.2. The summed E-state index contributed by atoms with van der Waals surface area (Å²) in [6, 6.07) is 3.76. The van der Waals surface area contributed by atoms with E-state index < -0.39 is 5.97 Å². The summed E-state index contributed by atoms with van der Waals surface area (Å²) in [4.78, 5) is 15.3. The highest BCUT2D eigenvalue weighted by Crippen LogP contribution is 2.20. The number of aromatic carboxylic acids is 1. The van der Waals surface area contributed by atoms with Gasteiger partial charge in [0.1, 0.15) is 5.75 Å². The minimum Gasteiger partial charge on any atom is -0.508 e. The van der Waals surface area contributed by atoms with Gasteiger partial charge in [0.2, 0.25) is 0 Å². The standard InChI is InChI=1S/C8H9NO4/c1-9-13-7-3-5(8(11)12)2-6(10)4-7/h2-4,9-10H,1H3,(H,11,12). The van der Waals surface area contributed by atoms with Crippen LogP contribution in [0.3, 0.4) is 0 Å². The van der Waals surface area contributed by atoms with E-state index in [0.717, 1.165) is 6.07 Å². The van der Waals surface area contributed by atoms with Crippen LogP contribution >= 0.6 is 0 Å². The van der Waals surface area contributed by atoms with Crippen molar-refractivity contribution in [2.75, 3.05) is 7.05 Å². The number of nitrogens with one attached hydrogen (secondary N) is 1. The summed E-state index contributed by atoms with van der Waals surface area (Å²) >= 11 is 0. The van der Waals surface area contributed by atoms with Gasteiger partial charge < -0.3 is 15.1 Å². The molecule has 13 heavy (non-hydrogen) atoms. The molecule has 0 aromatic heterocycles. The van der Waals surface area contributed by atoms with Gasteiger partial charge in [0.15, 0.2) is 5.75 Å². The van der Waals surface area contributed by atoms with Crippen LogP contribution in [0, 0.1) is 0 Å². The van der Waals surface area contributed by atoms with Gasteiger partial charge in [-0.15, -0.1) is 0 Å². The molecule has 1 rings (SSSR count). The third kappa shape index (κ3) is 2.34. The van der Waals surface area contributed by atoms with Gasteiger partial charge in [-0.3, -0.25) is 0 Å². The topological polar surface area (TPSA) is 78.8 Å². The number of hydrogen-bond acceptors (Lipinski definition) is 4. The molecule has 5 heteroatoms. The molecule has 0 aliphatic carbocycles. The monoisotopic (exact) mass is 183 g/mol. The van der Waals surface area contributed by atoms with Crippen LogP contribution in [0.15, 0.2) is 18.2 Å². The fraction of sp³-hybridized carbons (Fsp3) is 0.125. The smallest absolute Gasteiger partial charge is 0.335 e. The Morgan fingerprint density at radius 3 is 2.69 bits per heavy atom. The Balaban J connectivity index is 3.03. The zero-order valence-electron chi connectivity index (χ0n) is 6.94. The summed E-state index contributed by atoms with van der Waals surface area (Å²) in [5, 5.41) is 17.7. The lowest BCUT2D eigenvalue weighted by molar-refractivity contribution is 0.0695. The molecule has 3 N–H and O–H groups in total. The number of hydroxylamine groups is 1. The number of carboxylic acids is 1. The average molecular weight is 183 g/mol. The molecule has 0 atom stereocenters. The van der Waals surface area contributed by atoms with Gasteiger partial charge in [0.25, 0.3) is 0 Å². The minimum atomic E-state index is -1.11. The molecule has 0 radical (unpaired) electrons. The predicted octanol–water partition coefficient (Wildman–Crippen LogP) is 0.604. The van der Waals surface area contributed by atoms with Crippen LogP contribution in [-0.4, -0.2) is 23.2 Å². The molecule has 1 aromatic carbocycles. The Hall–Kier alpha value is -1.75. The van der Waals surface area contributed by atoms with Crippen LogP contribution in [-0.2, 0) is 0 Å². The largest absolute Gasteiger partial charge is 0.508 e. The minimum absolute atomic E-state index is 0.0229. The maximum absolute atomic E-state index is 10.5. The third-order valence-corrected chi connectivity index (χ3v) is 1.36. The Morgan fingerprint density at radius 2 is 2.15 bits per heavy atom. The molecule has 0 saturated heterocycles. The fourth-order valence-corrected chi connectivity index (χ4v) is 0.884. The van der Waals surface area contributed by atoms with Crippen LogP contribution in [0.1, 0.15) is 10.4 Å².